The molecule has 3 aromatic carbocycles. The van der Waals surface area contributed by atoms with Crippen LogP contribution in [-0.2, 0) is 13.1 Å². The Morgan fingerprint density at radius 3 is 2.41 bits per heavy atom. The fourth-order valence-electron chi connectivity index (χ4n) is 4.37. The van der Waals surface area contributed by atoms with E-state index in [-0.39, 0.29) is 11.5 Å². The first-order valence-electron chi connectivity index (χ1n) is 12.1. The van der Waals surface area contributed by atoms with E-state index in [9.17, 15) is 14.3 Å². The molecule has 0 radical (unpaired) electrons. The average Bonchev–Trinajstić information content (AvgIpc) is 3.28. The van der Waals surface area contributed by atoms with E-state index in [1.807, 2.05) is 74.3 Å². The second-order valence-corrected chi connectivity index (χ2v) is 9.59. The number of benzene rings is 3. The molecular formula is C30H30ClFN2O3. The van der Waals surface area contributed by atoms with Crippen molar-refractivity contribution in [1.29, 1.82) is 0 Å². The highest BCUT2D eigenvalue weighted by atomic mass is 35.5. The van der Waals surface area contributed by atoms with Crippen LogP contribution in [0.5, 0.6) is 5.75 Å². The van der Waals surface area contributed by atoms with Gasteiger partial charge in [-0.2, -0.15) is 0 Å². The molecule has 192 valence electrons. The molecule has 0 bridgehead atoms. The highest BCUT2D eigenvalue weighted by Crippen LogP contribution is 2.31. The lowest BCUT2D eigenvalue weighted by atomic mass is 10.1. The molecule has 0 saturated heterocycles. The van der Waals surface area contributed by atoms with Crippen LogP contribution < -0.4 is 9.64 Å². The monoisotopic (exact) mass is 520 g/mol. The first kappa shape index (κ1) is 26.3. The molecule has 0 spiro atoms. The van der Waals surface area contributed by atoms with Crippen LogP contribution in [0.15, 0.2) is 72.9 Å². The molecule has 1 N–H and O–H groups in total. The average molecular weight is 521 g/mol. The molecule has 0 fully saturated rings. The number of aromatic carboxylic acids is 1. The third-order valence-corrected chi connectivity index (χ3v) is 6.77. The number of hydrogen-bond acceptors (Lipinski definition) is 3. The summed E-state index contributed by atoms with van der Waals surface area (Å²) in [6, 6.07) is 19.9. The number of ether oxygens (including phenoxy) is 1. The Morgan fingerprint density at radius 2 is 1.73 bits per heavy atom. The number of halogens is 2. The van der Waals surface area contributed by atoms with Gasteiger partial charge in [-0.3, -0.25) is 0 Å². The lowest BCUT2D eigenvalue weighted by molar-refractivity contribution is 0.0684. The van der Waals surface area contributed by atoms with Crippen LogP contribution in [0.2, 0.25) is 5.02 Å². The summed E-state index contributed by atoms with van der Waals surface area (Å²) in [5.41, 5.74) is 5.57. The van der Waals surface area contributed by atoms with Crippen LogP contribution in [0.3, 0.4) is 0 Å². The number of carboxylic acids is 1. The third-order valence-electron chi connectivity index (χ3n) is 6.18. The van der Waals surface area contributed by atoms with Gasteiger partial charge in [0.25, 0.3) is 0 Å². The van der Waals surface area contributed by atoms with Gasteiger partial charge in [0.1, 0.15) is 17.3 Å². The molecule has 0 amide bonds. The predicted molar refractivity (Wildman–Crippen MR) is 146 cm³/mol. The Balaban J connectivity index is 1.55. The lowest BCUT2D eigenvalue weighted by Crippen LogP contribution is -2.16. The molecule has 0 atom stereocenters. The maximum absolute atomic E-state index is 13.9. The van der Waals surface area contributed by atoms with E-state index in [0.717, 1.165) is 44.4 Å². The number of nitrogens with zero attached hydrogens (tertiary/aromatic N) is 2. The number of anilines is 2. The van der Waals surface area contributed by atoms with Crippen molar-refractivity contribution < 1.29 is 19.0 Å². The number of hydrogen-bond donors (Lipinski definition) is 1. The minimum Gasteiger partial charge on any atom is -0.494 e. The lowest BCUT2D eigenvalue weighted by Gasteiger charge is -2.24. The molecule has 0 aliphatic rings. The van der Waals surface area contributed by atoms with Gasteiger partial charge < -0.3 is 19.3 Å². The smallest absolute Gasteiger partial charge is 0.352 e. The molecule has 1 aromatic heterocycles. The summed E-state index contributed by atoms with van der Waals surface area (Å²) in [5, 5.41) is 10.6. The fraction of sp³-hybridized carbons (Fsp3) is 0.233. The molecule has 37 heavy (non-hydrogen) atoms. The van der Waals surface area contributed by atoms with Crippen molar-refractivity contribution in [3.8, 4) is 5.75 Å². The Hall–Kier alpha value is -3.77. The normalized spacial score (nSPS) is 10.9. The summed E-state index contributed by atoms with van der Waals surface area (Å²) < 4.78 is 21.5. The van der Waals surface area contributed by atoms with E-state index in [0.29, 0.717) is 26.1 Å². The van der Waals surface area contributed by atoms with Gasteiger partial charge in [-0.15, -0.1) is 0 Å². The second kappa shape index (κ2) is 11.5. The second-order valence-electron chi connectivity index (χ2n) is 9.21. The Labute approximate surface area is 221 Å². The molecule has 0 aliphatic heterocycles. The van der Waals surface area contributed by atoms with Crippen molar-refractivity contribution in [2.45, 2.75) is 40.3 Å². The SMILES string of the molecule is Cc1cccc(N(Cc2cccc(F)c2)c2cc(C(=O)O)n(CCCOc3cc(C)c(Cl)c(C)c3)c2)c1. The van der Waals surface area contributed by atoms with Crippen molar-refractivity contribution in [3.05, 3.63) is 112 Å². The van der Waals surface area contributed by atoms with E-state index in [2.05, 4.69) is 0 Å². The number of aromatic nitrogens is 1. The van der Waals surface area contributed by atoms with E-state index in [1.165, 1.54) is 12.1 Å². The van der Waals surface area contributed by atoms with Gasteiger partial charge in [-0.05, 0) is 91.9 Å². The molecular weight excluding hydrogens is 491 g/mol. The van der Waals surface area contributed by atoms with E-state index in [4.69, 9.17) is 16.3 Å². The predicted octanol–water partition coefficient (Wildman–Crippen LogP) is 7.71. The van der Waals surface area contributed by atoms with Gasteiger partial charge in [0, 0.05) is 30.0 Å². The van der Waals surface area contributed by atoms with Crippen LogP contribution in [0.1, 0.15) is 39.2 Å². The molecule has 0 saturated carbocycles. The Morgan fingerprint density at radius 1 is 1.00 bits per heavy atom. The van der Waals surface area contributed by atoms with Gasteiger partial charge in [0.05, 0.1) is 12.3 Å². The molecule has 0 unspecified atom stereocenters. The summed E-state index contributed by atoms with van der Waals surface area (Å²) in [4.78, 5) is 14.1. The highest BCUT2D eigenvalue weighted by molar-refractivity contribution is 6.32. The van der Waals surface area contributed by atoms with Gasteiger partial charge in [0.2, 0.25) is 0 Å². The van der Waals surface area contributed by atoms with Gasteiger partial charge in [-0.25, -0.2) is 9.18 Å². The summed E-state index contributed by atoms with van der Waals surface area (Å²) in [5.74, 6) is -0.575. The standard InChI is InChI=1S/C30H30ClFN2O3/c1-20-7-4-10-25(13-20)34(18-23-8-5-9-24(32)16-23)26-17-28(30(35)36)33(19-26)11-6-12-37-27-14-21(2)29(31)22(3)15-27/h4-5,7-10,13-17,19H,6,11-12,18H2,1-3H3,(H,35,36). The third kappa shape index (κ3) is 6.52. The topological polar surface area (TPSA) is 54.7 Å². The van der Waals surface area contributed by atoms with Crippen molar-refractivity contribution in [3.63, 3.8) is 0 Å². The van der Waals surface area contributed by atoms with Crippen molar-refractivity contribution in [2.24, 2.45) is 0 Å². The molecule has 4 rings (SSSR count). The highest BCUT2D eigenvalue weighted by Gasteiger charge is 2.19. The van der Waals surface area contributed by atoms with Crippen LogP contribution in [0.25, 0.3) is 0 Å². The van der Waals surface area contributed by atoms with Crippen LogP contribution >= 0.6 is 11.6 Å². The largest absolute Gasteiger partial charge is 0.494 e. The maximum atomic E-state index is 13.9. The van der Waals surface area contributed by atoms with Crippen LogP contribution in [0, 0.1) is 26.6 Å². The van der Waals surface area contributed by atoms with Crippen LogP contribution in [-0.4, -0.2) is 22.2 Å². The molecule has 4 aromatic rings. The number of carboxylic acid groups (broad SMARTS) is 1. The minimum absolute atomic E-state index is 0.185. The van der Waals surface area contributed by atoms with E-state index >= 15 is 0 Å². The van der Waals surface area contributed by atoms with Crippen molar-refractivity contribution in [1.82, 2.24) is 4.57 Å². The zero-order chi connectivity index (χ0) is 26.5. The number of carbonyl (C=O) groups is 1. The maximum Gasteiger partial charge on any atom is 0.352 e. The first-order valence-corrected chi connectivity index (χ1v) is 12.5. The van der Waals surface area contributed by atoms with Crippen molar-refractivity contribution >= 4 is 28.9 Å². The van der Waals surface area contributed by atoms with E-state index < -0.39 is 5.97 Å². The van der Waals surface area contributed by atoms with Gasteiger partial charge >= 0.3 is 5.97 Å². The molecule has 7 heteroatoms. The van der Waals surface area contributed by atoms with Crippen molar-refractivity contribution in [2.75, 3.05) is 11.5 Å². The van der Waals surface area contributed by atoms with E-state index in [1.54, 1.807) is 16.7 Å². The van der Waals surface area contributed by atoms with Gasteiger partial charge in [0.15, 0.2) is 0 Å². The summed E-state index contributed by atoms with van der Waals surface area (Å²) in [6.45, 7) is 7.16. The number of rotatable bonds is 10. The molecule has 0 aliphatic carbocycles. The molecule has 5 nitrogen and oxygen atoms in total. The zero-order valence-electron chi connectivity index (χ0n) is 21.2. The quantitative estimate of drug-likeness (QED) is 0.217. The molecule has 1 heterocycles. The summed E-state index contributed by atoms with van der Waals surface area (Å²) >= 11 is 6.24. The summed E-state index contributed by atoms with van der Waals surface area (Å²) in [7, 11) is 0. The zero-order valence-corrected chi connectivity index (χ0v) is 21.9. The van der Waals surface area contributed by atoms with Crippen LogP contribution in [0.4, 0.5) is 15.8 Å². The first-order chi connectivity index (χ1) is 17.7. The Kier molecular flexibility index (Phi) is 8.19. The van der Waals surface area contributed by atoms with Gasteiger partial charge in [-0.1, -0.05) is 35.9 Å². The summed E-state index contributed by atoms with van der Waals surface area (Å²) in [6.07, 6.45) is 2.45. The Bertz CT molecular complexity index is 1390. The minimum atomic E-state index is -1.01. The fourth-order valence-corrected chi connectivity index (χ4v) is 4.48. The number of aryl methyl sites for hydroxylation is 4.